The molecule has 0 unspecified atom stereocenters. The summed E-state index contributed by atoms with van der Waals surface area (Å²) in [5, 5.41) is 12.8. The minimum absolute atomic E-state index is 0.0393. The molecule has 6 nitrogen and oxygen atoms in total. The van der Waals surface area contributed by atoms with Crippen molar-refractivity contribution in [2.45, 2.75) is 59.5 Å². The predicted molar refractivity (Wildman–Crippen MR) is 152 cm³/mol. The van der Waals surface area contributed by atoms with Gasteiger partial charge in [-0.25, -0.2) is 14.2 Å². The lowest BCUT2D eigenvalue weighted by atomic mass is 9.98. The summed E-state index contributed by atoms with van der Waals surface area (Å²) in [5.74, 6) is -0.322. The second-order valence-corrected chi connectivity index (χ2v) is 10.6. The molecule has 0 spiro atoms. The summed E-state index contributed by atoms with van der Waals surface area (Å²) in [6.07, 6.45) is 3.32. The van der Waals surface area contributed by atoms with E-state index in [1.807, 2.05) is 4.57 Å². The van der Waals surface area contributed by atoms with Gasteiger partial charge in [0.2, 0.25) is 5.91 Å². The number of halogens is 2. The molecule has 0 saturated carbocycles. The van der Waals surface area contributed by atoms with Crippen molar-refractivity contribution in [3.8, 4) is 11.1 Å². The summed E-state index contributed by atoms with van der Waals surface area (Å²) < 4.78 is 17.2. The van der Waals surface area contributed by atoms with Gasteiger partial charge < -0.3 is 15.0 Å². The molecule has 1 atom stereocenters. The van der Waals surface area contributed by atoms with Crippen LogP contribution in [0.5, 0.6) is 0 Å². The minimum Gasteiger partial charge on any atom is -0.478 e. The van der Waals surface area contributed by atoms with E-state index < -0.39 is 11.8 Å². The van der Waals surface area contributed by atoms with Gasteiger partial charge >= 0.3 is 5.97 Å². The smallest absolute Gasteiger partial charge is 0.336 e. The van der Waals surface area contributed by atoms with E-state index in [-0.39, 0.29) is 29.5 Å². The van der Waals surface area contributed by atoms with Gasteiger partial charge in [0.15, 0.2) is 5.15 Å². The van der Waals surface area contributed by atoms with Crippen LogP contribution >= 0.6 is 24.2 Å². The number of nitrogens with zero attached hydrogens (tertiary/aromatic N) is 2. The Morgan fingerprint density at radius 1 is 1.18 bits per heavy atom. The van der Waals surface area contributed by atoms with Crippen LogP contribution in [-0.4, -0.2) is 32.3 Å². The number of thiol groups is 1. The molecule has 3 rings (SSSR count). The molecule has 0 bridgehead atoms. The zero-order valence-corrected chi connectivity index (χ0v) is 23.7. The molecule has 1 amide bonds. The Hall–Kier alpha value is -2.84. The summed E-state index contributed by atoms with van der Waals surface area (Å²) in [4.78, 5) is 29.0. The first-order valence-corrected chi connectivity index (χ1v) is 13.9. The Labute approximate surface area is 234 Å². The third kappa shape index (κ3) is 7.38. The van der Waals surface area contributed by atoms with Crippen molar-refractivity contribution in [2.75, 3.05) is 5.75 Å². The molecule has 0 saturated heterocycles. The zero-order chi connectivity index (χ0) is 27.8. The topological polar surface area (TPSA) is 84.2 Å². The van der Waals surface area contributed by atoms with Gasteiger partial charge in [-0.2, -0.15) is 12.6 Å². The Morgan fingerprint density at radius 2 is 1.92 bits per heavy atom. The van der Waals surface area contributed by atoms with E-state index in [4.69, 9.17) is 11.6 Å². The molecular weight excluding hydrogens is 525 g/mol. The number of carboxylic acid groups (broad SMARTS) is 1. The lowest BCUT2D eigenvalue weighted by Crippen LogP contribution is -2.33. The SMILES string of the molecule is CCCCc1nc(Cl)c(CNC(=O)[C@@H](CS)CC(C)C)n1Cc1ccc(-c2ccccc2C(=O)O)c(F)c1. The van der Waals surface area contributed by atoms with Crippen LogP contribution in [0.15, 0.2) is 42.5 Å². The van der Waals surface area contributed by atoms with Gasteiger partial charge in [-0.05, 0) is 42.0 Å². The highest BCUT2D eigenvalue weighted by molar-refractivity contribution is 7.80. The van der Waals surface area contributed by atoms with Gasteiger partial charge in [0.25, 0.3) is 0 Å². The Bertz CT molecular complexity index is 1280. The highest BCUT2D eigenvalue weighted by Gasteiger charge is 2.22. The number of aryl methyl sites for hydroxylation is 1. The van der Waals surface area contributed by atoms with Gasteiger partial charge in [-0.3, -0.25) is 4.79 Å². The average molecular weight is 560 g/mol. The fourth-order valence-electron chi connectivity index (χ4n) is 4.50. The molecule has 2 aromatic carbocycles. The normalized spacial score (nSPS) is 12.1. The quantitative estimate of drug-likeness (QED) is 0.205. The molecule has 1 aromatic heterocycles. The van der Waals surface area contributed by atoms with Gasteiger partial charge in [0, 0.05) is 30.2 Å². The number of nitrogens with one attached hydrogen (secondary N) is 1. The number of imidazole rings is 1. The molecule has 0 aliphatic heterocycles. The second kappa shape index (κ2) is 13.8. The summed E-state index contributed by atoms with van der Waals surface area (Å²) in [6, 6.07) is 11.1. The highest BCUT2D eigenvalue weighted by Crippen LogP contribution is 2.28. The molecule has 38 heavy (non-hydrogen) atoms. The molecule has 2 N–H and O–H groups in total. The molecule has 0 fully saturated rings. The molecule has 0 radical (unpaired) electrons. The minimum atomic E-state index is -1.11. The first-order chi connectivity index (χ1) is 18.2. The zero-order valence-electron chi connectivity index (χ0n) is 22.0. The van der Waals surface area contributed by atoms with Crippen molar-refractivity contribution < 1.29 is 19.1 Å². The summed E-state index contributed by atoms with van der Waals surface area (Å²) in [7, 11) is 0. The summed E-state index contributed by atoms with van der Waals surface area (Å²) in [5.41, 5.74) is 1.91. The number of carboxylic acids is 1. The maximum Gasteiger partial charge on any atom is 0.336 e. The summed E-state index contributed by atoms with van der Waals surface area (Å²) in [6.45, 7) is 6.74. The van der Waals surface area contributed by atoms with Crippen LogP contribution in [0.1, 0.15) is 67.5 Å². The number of hydrogen-bond acceptors (Lipinski definition) is 4. The first kappa shape index (κ1) is 29.7. The Morgan fingerprint density at radius 3 is 2.55 bits per heavy atom. The molecule has 9 heteroatoms. The van der Waals surface area contributed by atoms with Crippen LogP contribution in [0.2, 0.25) is 5.15 Å². The van der Waals surface area contributed by atoms with E-state index >= 15 is 4.39 Å². The molecule has 0 aliphatic rings. The van der Waals surface area contributed by atoms with Crippen LogP contribution in [-0.2, 0) is 24.3 Å². The highest BCUT2D eigenvalue weighted by atomic mass is 35.5. The van der Waals surface area contributed by atoms with E-state index in [1.54, 1.807) is 30.3 Å². The fourth-order valence-corrected chi connectivity index (χ4v) is 5.08. The molecule has 204 valence electrons. The standard InChI is InChI=1S/C29H35ClFN3O3S/c1-4-5-10-26-33-27(30)25(15-32-28(35)20(17-38)13-18(2)3)34(26)16-19-11-12-22(24(31)14-19)21-8-6-7-9-23(21)29(36)37/h6-9,11-12,14,18,20,38H,4-5,10,13,15-17H2,1-3H3,(H,32,35)(H,36,37)/t20-/m1/s1. The third-order valence-corrected chi connectivity index (χ3v) is 7.20. The lowest BCUT2D eigenvalue weighted by molar-refractivity contribution is -0.124. The summed E-state index contributed by atoms with van der Waals surface area (Å²) >= 11 is 10.9. The maximum absolute atomic E-state index is 15.3. The number of aromatic carboxylic acids is 1. The number of amides is 1. The fraction of sp³-hybridized carbons (Fsp3) is 0.414. The van der Waals surface area contributed by atoms with Crippen molar-refractivity contribution in [3.63, 3.8) is 0 Å². The Kier molecular flexibility index (Phi) is 10.8. The molecule has 3 aromatic rings. The van der Waals surface area contributed by atoms with Crippen molar-refractivity contribution in [2.24, 2.45) is 11.8 Å². The van der Waals surface area contributed by atoms with Crippen molar-refractivity contribution >= 4 is 36.1 Å². The van der Waals surface area contributed by atoms with Gasteiger partial charge in [0.05, 0.1) is 17.8 Å². The number of aromatic nitrogens is 2. The van der Waals surface area contributed by atoms with Crippen LogP contribution in [0.4, 0.5) is 4.39 Å². The molecule has 0 aliphatic carbocycles. The third-order valence-electron chi connectivity index (χ3n) is 6.46. The van der Waals surface area contributed by atoms with E-state index in [9.17, 15) is 14.7 Å². The van der Waals surface area contributed by atoms with E-state index in [1.165, 1.54) is 12.1 Å². The van der Waals surface area contributed by atoms with Crippen LogP contribution in [0.25, 0.3) is 11.1 Å². The number of carbonyl (C=O) groups excluding carboxylic acids is 1. The van der Waals surface area contributed by atoms with Gasteiger partial charge in [0.1, 0.15) is 11.6 Å². The van der Waals surface area contributed by atoms with Crippen molar-refractivity contribution in [1.82, 2.24) is 14.9 Å². The molecular formula is C29H35ClFN3O3S. The maximum atomic E-state index is 15.3. The monoisotopic (exact) mass is 559 g/mol. The van der Waals surface area contributed by atoms with E-state index in [2.05, 4.69) is 43.7 Å². The average Bonchev–Trinajstić information content (AvgIpc) is 3.17. The Balaban J connectivity index is 1.90. The van der Waals surface area contributed by atoms with Crippen LogP contribution in [0, 0.1) is 17.7 Å². The van der Waals surface area contributed by atoms with Crippen molar-refractivity contribution in [1.29, 1.82) is 0 Å². The van der Waals surface area contributed by atoms with Crippen LogP contribution < -0.4 is 5.32 Å². The number of carbonyl (C=O) groups is 2. The second-order valence-electron chi connectivity index (χ2n) is 9.85. The van der Waals surface area contributed by atoms with E-state index in [0.717, 1.165) is 25.1 Å². The number of benzene rings is 2. The largest absolute Gasteiger partial charge is 0.478 e. The van der Waals surface area contributed by atoms with Crippen molar-refractivity contribution in [3.05, 3.63) is 76.1 Å². The van der Waals surface area contributed by atoms with Crippen LogP contribution in [0.3, 0.4) is 0 Å². The van der Waals surface area contributed by atoms with Gasteiger partial charge in [-0.15, -0.1) is 0 Å². The van der Waals surface area contributed by atoms with Gasteiger partial charge in [-0.1, -0.05) is 69.1 Å². The number of hydrogen-bond donors (Lipinski definition) is 3. The van der Waals surface area contributed by atoms with E-state index in [0.29, 0.717) is 46.6 Å². The lowest BCUT2D eigenvalue weighted by Gasteiger charge is -2.18. The number of rotatable bonds is 13. The molecule has 1 heterocycles. The first-order valence-electron chi connectivity index (χ1n) is 12.9. The number of unbranched alkanes of at least 4 members (excludes halogenated alkanes) is 1. The predicted octanol–water partition coefficient (Wildman–Crippen LogP) is 6.64.